The molecule has 0 aromatic heterocycles. The number of halogens is 3. The van der Waals surface area contributed by atoms with Crippen LogP contribution in [0.4, 0.5) is 11.4 Å². The first kappa shape index (κ1) is 17.6. The van der Waals surface area contributed by atoms with E-state index in [1.165, 1.54) is 24.3 Å². The van der Waals surface area contributed by atoms with Crippen molar-refractivity contribution in [3.63, 3.8) is 0 Å². The van der Waals surface area contributed by atoms with Gasteiger partial charge in [0.05, 0.1) is 11.4 Å². The highest BCUT2D eigenvalue weighted by Gasteiger charge is 2.39. The van der Waals surface area contributed by atoms with Crippen molar-refractivity contribution in [1.29, 1.82) is 0 Å². The number of carbonyl (C=O) groups is 2. The number of imide groups is 1. The molecule has 0 bridgehead atoms. The lowest BCUT2D eigenvalue weighted by atomic mass is 10.2. The Morgan fingerprint density at radius 1 is 0.960 bits per heavy atom. The number of amides is 2. The van der Waals surface area contributed by atoms with E-state index in [9.17, 15) is 14.7 Å². The minimum absolute atomic E-state index is 0.0768. The molecule has 0 fully saturated rings. The second-order valence-electron chi connectivity index (χ2n) is 5.41. The van der Waals surface area contributed by atoms with Gasteiger partial charge >= 0.3 is 0 Å². The number of carbonyl (C=O) groups excluding carboxylic acids is 2. The summed E-state index contributed by atoms with van der Waals surface area (Å²) in [6, 6.07) is 9.15. The second-order valence-corrected chi connectivity index (χ2v) is 6.66. The van der Waals surface area contributed by atoms with Crippen LogP contribution in [-0.2, 0) is 9.59 Å². The van der Waals surface area contributed by atoms with Crippen molar-refractivity contribution >= 4 is 58.0 Å². The lowest BCUT2D eigenvalue weighted by Crippen LogP contribution is -2.32. The zero-order valence-corrected chi connectivity index (χ0v) is 15.1. The lowest BCUT2D eigenvalue weighted by molar-refractivity contribution is -0.120. The van der Waals surface area contributed by atoms with Crippen LogP contribution >= 0.6 is 34.8 Å². The lowest BCUT2D eigenvalue weighted by Gasteiger charge is -2.16. The molecule has 0 aliphatic carbocycles. The molecule has 128 valence electrons. The zero-order valence-electron chi connectivity index (χ0n) is 12.8. The van der Waals surface area contributed by atoms with E-state index >= 15 is 0 Å². The second kappa shape index (κ2) is 6.59. The van der Waals surface area contributed by atoms with E-state index in [0.717, 1.165) is 10.5 Å². The number of hydrogen-bond donors (Lipinski definition) is 2. The van der Waals surface area contributed by atoms with Gasteiger partial charge in [-0.15, -0.1) is 0 Å². The van der Waals surface area contributed by atoms with Gasteiger partial charge in [-0.05, 0) is 42.8 Å². The van der Waals surface area contributed by atoms with Crippen LogP contribution in [0.25, 0.3) is 0 Å². The van der Waals surface area contributed by atoms with Gasteiger partial charge in [0.15, 0.2) is 0 Å². The topological polar surface area (TPSA) is 69.6 Å². The summed E-state index contributed by atoms with van der Waals surface area (Å²) in [5.41, 5.74) is 1.19. The summed E-state index contributed by atoms with van der Waals surface area (Å²) >= 11 is 17.9. The van der Waals surface area contributed by atoms with Crippen molar-refractivity contribution in [3.05, 3.63) is 62.7 Å². The highest BCUT2D eigenvalue weighted by atomic mass is 35.5. The average molecular weight is 398 g/mol. The molecule has 2 aromatic carbocycles. The smallest absolute Gasteiger partial charge is 0.283 e. The van der Waals surface area contributed by atoms with Crippen LogP contribution in [0.15, 0.2) is 47.1 Å². The first-order valence-electron chi connectivity index (χ1n) is 7.09. The molecule has 0 atom stereocenters. The number of hydrogen-bond acceptors (Lipinski definition) is 4. The summed E-state index contributed by atoms with van der Waals surface area (Å²) < 4.78 is 0. The third-order valence-corrected chi connectivity index (χ3v) is 4.33. The highest BCUT2D eigenvalue weighted by Crippen LogP contribution is 2.34. The first-order chi connectivity index (χ1) is 11.8. The molecule has 8 heteroatoms. The Bertz CT molecular complexity index is 920. The number of anilines is 2. The summed E-state index contributed by atoms with van der Waals surface area (Å²) in [6.45, 7) is 1.82. The third kappa shape index (κ3) is 3.31. The van der Waals surface area contributed by atoms with Gasteiger partial charge in [-0.1, -0.05) is 40.9 Å². The largest absolute Gasteiger partial charge is 0.506 e. The molecule has 3 rings (SSSR count). The maximum absolute atomic E-state index is 12.7. The Balaban J connectivity index is 1.98. The maximum atomic E-state index is 12.7. The zero-order chi connectivity index (χ0) is 18.3. The minimum Gasteiger partial charge on any atom is -0.506 e. The van der Waals surface area contributed by atoms with Gasteiger partial charge in [-0.3, -0.25) is 9.59 Å². The average Bonchev–Trinajstić information content (AvgIpc) is 2.73. The van der Waals surface area contributed by atoms with Gasteiger partial charge < -0.3 is 10.4 Å². The molecule has 5 nitrogen and oxygen atoms in total. The van der Waals surface area contributed by atoms with E-state index < -0.39 is 11.8 Å². The van der Waals surface area contributed by atoms with Crippen LogP contribution in [0.2, 0.25) is 10.0 Å². The van der Waals surface area contributed by atoms with E-state index in [-0.39, 0.29) is 37.9 Å². The summed E-state index contributed by atoms with van der Waals surface area (Å²) in [6.07, 6.45) is 0. The fourth-order valence-corrected chi connectivity index (χ4v) is 3.13. The molecule has 2 amide bonds. The Hall–Kier alpha value is -2.21. The van der Waals surface area contributed by atoms with E-state index in [1.807, 2.05) is 6.92 Å². The Morgan fingerprint density at radius 2 is 1.60 bits per heavy atom. The quantitative estimate of drug-likeness (QED) is 0.593. The molecule has 1 aliphatic rings. The monoisotopic (exact) mass is 396 g/mol. The molecule has 0 saturated carbocycles. The summed E-state index contributed by atoms with van der Waals surface area (Å²) in [5, 5.41) is 12.9. The Kier molecular flexibility index (Phi) is 4.64. The van der Waals surface area contributed by atoms with Gasteiger partial charge in [0.2, 0.25) is 0 Å². The SMILES string of the molecule is Cc1ccc(O)c(NC2=C(Cl)C(=O)N(c3cc(Cl)cc(Cl)c3)C2=O)c1. The van der Waals surface area contributed by atoms with Crippen molar-refractivity contribution in [1.82, 2.24) is 0 Å². The van der Waals surface area contributed by atoms with Crippen LogP contribution in [0.5, 0.6) is 5.75 Å². The molecular formula is C17H11Cl3N2O3. The van der Waals surface area contributed by atoms with E-state index in [4.69, 9.17) is 34.8 Å². The summed E-state index contributed by atoms with van der Waals surface area (Å²) in [7, 11) is 0. The standard InChI is InChI=1S/C17H11Cl3N2O3/c1-8-2-3-13(23)12(4-8)21-15-14(20)16(24)22(17(15)25)11-6-9(18)5-10(19)7-11/h2-7,21,23H,1H3. The molecule has 25 heavy (non-hydrogen) atoms. The van der Waals surface area contributed by atoms with Crippen LogP contribution in [0.1, 0.15) is 5.56 Å². The van der Waals surface area contributed by atoms with Crippen LogP contribution in [-0.4, -0.2) is 16.9 Å². The number of aryl methyl sites for hydroxylation is 1. The Morgan fingerprint density at radius 3 is 2.24 bits per heavy atom. The van der Waals surface area contributed by atoms with Crippen molar-refractivity contribution in [2.75, 3.05) is 10.2 Å². The fraction of sp³-hybridized carbons (Fsp3) is 0.0588. The predicted molar refractivity (Wildman–Crippen MR) is 98.3 cm³/mol. The van der Waals surface area contributed by atoms with E-state index in [2.05, 4.69) is 5.32 Å². The van der Waals surface area contributed by atoms with Crippen molar-refractivity contribution in [2.24, 2.45) is 0 Å². The van der Waals surface area contributed by atoms with Crippen LogP contribution < -0.4 is 10.2 Å². The van der Waals surface area contributed by atoms with Crippen LogP contribution in [0.3, 0.4) is 0 Å². The number of aromatic hydroxyl groups is 1. The number of phenols is 1. The molecule has 0 unspecified atom stereocenters. The van der Waals surface area contributed by atoms with Gasteiger partial charge in [0.25, 0.3) is 11.8 Å². The minimum atomic E-state index is -0.709. The maximum Gasteiger partial charge on any atom is 0.283 e. The van der Waals surface area contributed by atoms with Gasteiger partial charge in [0.1, 0.15) is 16.5 Å². The molecule has 0 radical (unpaired) electrons. The summed E-state index contributed by atoms with van der Waals surface area (Å²) in [4.78, 5) is 26.0. The van der Waals surface area contributed by atoms with Crippen LogP contribution in [0, 0.1) is 6.92 Å². The van der Waals surface area contributed by atoms with Gasteiger partial charge in [0, 0.05) is 10.0 Å². The number of nitrogens with one attached hydrogen (secondary N) is 1. The van der Waals surface area contributed by atoms with E-state index in [1.54, 1.807) is 12.1 Å². The molecule has 0 saturated heterocycles. The molecule has 1 heterocycles. The van der Waals surface area contributed by atoms with Crippen molar-refractivity contribution in [2.45, 2.75) is 6.92 Å². The van der Waals surface area contributed by atoms with Crippen molar-refractivity contribution < 1.29 is 14.7 Å². The number of benzene rings is 2. The molecule has 0 spiro atoms. The first-order valence-corrected chi connectivity index (χ1v) is 8.22. The molecule has 1 aliphatic heterocycles. The molecule has 2 aromatic rings. The number of phenolic OH excluding ortho intramolecular Hbond substituents is 1. The van der Waals surface area contributed by atoms with E-state index in [0.29, 0.717) is 0 Å². The predicted octanol–water partition coefficient (Wildman–Crippen LogP) is 4.44. The van der Waals surface area contributed by atoms with Crippen molar-refractivity contribution in [3.8, 4) is 5.75 Å². The van der Waals surface area contributed by atoms with Gasteiger partial charge in [-0.25, -0.2) is 4.90 Å². The molecule has 2 N–H and O–H groups in total. The molecular weight excluding hydrogens is 387 g/mol. The normalized spacial score (nSPS) is 14.5. The highest BCUT2D eigenvalue weighted by molar-refractivity contribution is 6.53. The van der Waals surface area contributed by atoms with Gasteiger partial charge in [-0.2, -0.15) is 0 Å². The number of nitrogens with zero attached hydrogens (tertiary/aromatic N) is 1. The third-order valence-electron chi connectivity index (χ3n) is 3.54. The fourth-order valence-electron chi connectivity index (χ4n) is 2.40. The number of rotatable bonds is 3. The summed E-state index contributed by atoms with van der Waals surface area (Å²) in [5.74, 6) is -1.46. The Labute approximate surface area is 158 Å².